The largest absolute Gasteiger partial charge is 0.384 e. The predicted octanol–water partition coefficient (Wildman–Crippen LogP) is 4.06. The molecule has 0 radical (unpaired) electrons. The van der Waals surface area contributed by atoms with Crippen LogP contribution in [-0.4, -0.2) is 18.1 Å². The number of anilines is 1. The van der Waals surface area contributed by atoms with Crippen molar-refractivity contribution in [2.45, 2.75) is 13.8 Å². The molecule has 84 valence electrons. The molecule has 0 heterocycles. The maximum Gasteiger partial charge on any atom is 0.139 e. The van der Waals surface area contributed by atoms with Gasteiger partial charge in [-0.1, -0.05) is 6.92 Å². The van der Waals surface area contributed by atoms with E-state index in [0.29, 0.717) is 4.47 Å². The first-order valence-corrected chi connectivity index (χ1v) is 6.87. The number of hydrogen-bond acceptors (Lipinski definition) is 2. The van der Waals surface area contributed by atoms with Crippen LogP contribution in [0.25, 0.3) is 0 Å². The third-order valence-electron chi connectivity index (χ3n) is 2.03. The van der Waals surface area contributed by atoms with Crippen molar-refractivity contribution in [2.75, 3.05) is 23.4 Å². The minimum atomic E-state index is -0.216. The predicted molar refractivity (Wildman–Crippen MR) is 70.3 cm³/mol. The molecule has 0 bridgehead atoms. The van der Waals surface area contributed by atoms with Gasteiger partial charge in [0.2, 0.25) is 0 Å². The topological polar surface area (TPSA) is 12.0 Å². The van der Waals surface area contributed by atoms with Crippen LogP contribution in [0, 0.1) is 12.7 Å². The van der Waals surface area contributed by atoms with Crippen LogP contribution >= 0.6 is 27.7 Å². The molecule has 0 unspecified atom stereocenters. The van der Waals surface area contributed by atoms with Gasteiger partial charge < -0.3 is 5.32 Å². The van der Waals surface area contributed by atoms with Gasteiger partial charge in [-0.05, 0) is 46.3 Å². The van der Waals surface area contributed by atoms with E-state index in [1.165, 1.54) is 6.07 Å². The Balaban J connectivity index is 2.57. The second kappa shape index (κ2) is 6.38. The lowest BCUT2D eigenvalue weighted by Gasteiger charge is -2.10. The molecule has 0 aliphatic heterocycles. The SMILES string of the molecule is CCSCCNc1cc(F)c(Br)cc1C. The Morgan fingerprint density at radius 2 is 2.20 bits per heavy atom. The Morgan fingerprint density at radius 3 is 2.87 bits per heavy atom. The maximum absolute atomic E-state index is 13.2. The average Bonchev–Trinajstić information content (AvgIpc) is 2.20. The minimum Gasteiger partial charge on any atom is -0.384 e. The van der Waals surface area contributed by atoms with E-state index in [4.69, 9.17) is 0 Å². The zero-order valence-electron chi connectivity index (χ0n) is 8.94. The van der Waals surface area contributed by atoms with E-state index >= 15 is 0 Å². The summed E-state index contributed by atoms with van der Waals surface area (Å²) in [5, 5.41) is 3.23. The highest BCUT2D eigenvalue weighted by Crippen LogP contribution is 2.23. The lowest BCUT2D eigenvalue weighted by Crippen LogP contribution is -2.06. The molecule has 0 aromatic heterocycles. The molecule has 1 N–H and O–H groups in total. The van der Waals surface area contributed by atoms with Crippen molar-refractivity contribution in [3.63, 3.8) is 0 Å². The van der Waals surface area contributed by atoms with Gasteiger partial charge in [-0.25, -0.2) is 4.39 Å². The van der Waals surface area contributed by atoms with Crippen LogP contribution in [0.4, 0.5) is 10.1 Å². The van der Waals surface area contributed by atoms with Gasteiger partial charge in [0.25, 0.3) is 0 Å². The summed E-state index contributed by atoms with van der Waals surface area (Å²) < 4.78 is 13.8. The van der Waals surface area contributed by atoms with Crippen molar-refractivity contribution in [1.29, 1.82) is 0 Å². The standard InChI is InChI=1S/C11H15BrFNS/c1-3-15-5-4-14-11-7-10(13)9(12)6-8(11)2/h6-7,14H,3-5H2,1-2H3. The number of thioether (sulfide) groups is 1. The van der Waals surface area contributed by atoms with Crippen molar-refractivity contribution in [3.05, 3.63) is 28.0 Å². The molecular formula is C11H15BrFNS. The van der Waals surface area contributed by atoms with Gasteiger partial charge >= 0.3 is 0 Å². The van der Waals surface area contributed by atoms with Crippen molar-refractivity contribution >= 4 is 33.4 Å². The molecule has 1 rings (SSSR count). The van der Waals surface area contributed by atoms with Crippen LogP contribution in [-0.2, 0) is 0 Å². The fourth-order valence-electron chi connectivity index (χ4n) is 1.24. The van der Waals surface area contributed by atoms with Crippen molar-refractivity contribution < 1.29 is 4.39 Å². The summed E-state index contributed by atoms with van der Waals surface area (Å²) in [7, 11) is 0. The molecule has 0 atom stereocenters. The monoisotopic (exact) mass is 291 g/mol. The summed E-state index contributed by atoms with van der Waals surface area (Å²) in [6.07, 6.45) is 0. The number of halogens is 2. The lowest BCUT2D eigenvalue weighted by molar-refractivity contribution is 0.621. The number of aryl methyl sites for hydroxylation is 1. The summed E-state index contributed by atoms with van der Waals surface area (Å²) in [4.78, 5) is 0. The van der Waals surface area contributed by atoms with Gasteiger partial charge in [0.15, 0.2) is 0 Å². The first-order valence-electron chi connectivity index (χ1n) is 4.92. The number of hydrogen-bond donors (Lipinski definition) is 1. The highest BCUT2D eigenvalue weighted by molar-refractivity contribution is 9.10. The first-order chi connectivity index (χ1) is 7.15. The molecule has 1 aromatic rings. The Hall–Kier alpha value is -0.220. The van der Waals surface area contributed by atoms with Crippen LogP contribution in [0.15, 0.2) is 16.6 Å². The molecule has 0 aliphatic rings. The van der Waals surface area contributed by atoms with Crippen LogP contribution < -0.4 is 5.32 Å². The van der Waals surface area contributed by atoms with Gasteiger partial charge in [-0.2, -0.15) is 11.8 Å². The molecule has 0 amide bonds. The second-order valence-electron chi connectivity index (χ2n) is 3.20. The molecule has 4 heteroatoms. The van der Waals surface area contributed by atoms with Gasteiger partial charge in [-0.15, -0.1) is 0 Å². The van der Waals surface area contributed by atoms with E-state index in [1.54, 1.807) is 6.07 Å². The first kappa shape index (κ1) is 12.8. The van der Waals surface area contributed by atoms with Crippen molar-refractivity contribution in [1.82, 2.24) is 0 Å². The minimum absolute atomic E-state index is 0.216. The summed E-state index contributed by atoms with van der Waals surface area (Å²) in [5.74, 6) is 1.95. The van der Waals surface area contributed by atoms with Gasteiger partial charge in [-0.3, -0.25) is 0 Å². The highest BCUT2D eigenvalue weighted by atomic mass is 79.9. The van der Waals surface area contributed by atoms with E-state index in [1.807, 2.05) is 18.7 Å². The van der Waals surface area contributed by atoms with E-state index in [2.05, 4.69) is 28.2 Å². The number of nitrogens with one attached hydrogen (secondary N) is 1. The average molecular weight is 292 g/mol. The molecule has 0 saturated heterocycles. The van der Waals surface area contributed by atoms with Crippen LogP contribution in [0.1, 0.15) is 12.5 Å². The quantitative estimate of drug-likeness (QED) is 0.821. The van der Waals surface area contributed by atoms with Gasteiger partial charge in [0.05, 0.1) is 4.47 Å². The summed E-state index contributed by atoms with van der Waals surface area (Å²) in [6.45, 7) is 4.98. The fraction of sp³-hybridized carbons (Fsp3) is 0.455. The Labute approximate surface area is 103 Å². The van der Waals surface area contributed by atoms with E-state index in [9.17, 15) is 4.39 Å². The molecule has 15 heavy (non-hydrogen) atoms. The Morgan fingerprint density at radius 1 is 1.47 bits per heavy atom. The highest BCUT2D eigenvalue weighted by Gasteiger charge is 2.04. The van der Waals surface area contributed by atoms with E-state index < -0.39 is 0 Å². The molecule has 1 nitrogen and oxygen atoms in total. The molecule has 0 aliphatic carbocycles. The molecular weight excluding hydrogens is 277 g/mol. The number of benzene rings is 1. The summed E-state index contributed by atoms with van der Waals surface area (Å²) in [5.41, 5.74) is 1.94. The van der Waals surface area contributed by atoms with E-state index in [0.717, 1.165) is 29.3 Å². The zero-order chi connectivity index (χ0) is 11.3. The normalized spacial score (nSPS) is 10.4. The lowest BCUT2D eigenvalue weighted by atomic mass is 10.2. The van der Waals surface area contributed by atoms with Gasteiger partial charge in [0, 0.05) is 18.0 Å². The third kappa shape index (κ3) is 4.03. The molecule has 0 spiro atoms. The van der Waals surface area contributed by atoms with Crippen molar-refractivity contribution in [3.8, 4) is 0 Å². The van der Waals surface area contributed by atoms with Crippen LogP contribution in [0.5, 0.6) is 0 Å². The summed E-state index contributed by atoms with van der Waals surface area (Å²) in [6, 6.07) is 3.33. The van der Waals surface area contributed by atoms with Crippen molar-refractivity contribution in [2.24, 2.45) is 0 Å². The smallest absolute Gasteiger partial charge is 0.139 e. The van der Waals surface area contributed by atoms with Crippen LogP contribution in [0.2, 0.25) is 0 Å². The fourth-order valence-corrected chi connectivity index (χ4v) is 2.23. The third-order valence-corrected chi connectivity index (χ3v) is 3.54. The molecule has 0 saturated carbocycles. The second-order valence-corrected chi connectivity index (χ2v) is 5.45. The Kier molecular flexibility index (Phi) is 5.47. The molecule has 1 aromatic carbocycles. The molecule has 0 fully saturated rings. The number of rotatable bonds is 5. The van der Waals surface area contributed by atoms with E-state index in [-0.39, 0.29) is 5.82 Å². The maximum atomic E-state index is 13.2. The summed E-state index contributed by atoms with van der Waals surface area (Å²) >= 11 is 5.04. The van der Waals surface area contributed by atoms with Gasteiger partial charge in [0.1, 0.15) is 5.82 Å². The van der Waals surface area contributed by atoms with Crippen LogP contribution in [0.3, 0.4) is 0 Å². The Bertz CT molecular complexity index is 331. The zero-order valence-corrected chi connectivity index (χ0v) is 11.3.